The molecule has 1 N–H and O–H groups in total. The number of methoxy groups -OCH3 is 2. The molecule has 1 fully saturated rings. The van der Waals surface area contributed by atoms with E-state index in [-0.39, 0.29) is 18.3 Å². The van der Waals surface area contributed by atoms with Gasteiger partial charge in [0.05, 0.1) is 19.8 Å². The molecular formula is C26H22N4O5. The van der Waals surface area contributed by atoms with Gasteiger partial charge in [-0.15, -0.1) is 0 Å². The molecule has 0 unspecified atom stereocenters. The van der Waals surface area contributed by atoms with Gasteiger partial charge in [0.1, 0.15) is 18.0 Å². The predicted octanol–water partition coefficient (Wildman–Crippen LogP) is 3.75. The zero-order chi connectivity index (χ0) is 24.4. The molecule has 1 aromatic heterocycles. The summed E-state index contributed by atoms with van der Waals surface area (Å²) in [5.41, 5.74) is 0.535. The van der Waals surface area contributed by atoms with Gasteiger partial charge in [-0.3, -0.25) is 9.69 Å². The summed E-state index contributed by atoms with van der Waals surface area (Å²) in [6.45, 7) is -0.183. The SMILES string of the molecule is COc1ccc(-c2noc(CN3C(=O)NC(c4ccccc4)(c4ccccc4)C3=O)n2)c(OC)c1. The molecule has 3 amide bonds. The van der Waals surface area contributed by atoms with Crippen LogP contribution in [0.1, 0.15) is 17.0 Å². The number of carbonyl (C=O) groups excluding carboxylic acids is 2. The van der Waals surface area contributed by atoms with Crippen molar-refractivity contribution in [3.8, 4) is 22.9 Å². The summed E-state index contributed by atoms with van der Waals surface area (Å²) in [5, 5.41) is 6.92. The molecular weight excluding hydrogens is 448 g/mol. The van der Waals surface area contributed by atoms with E-state index in [1.54, 1.807) is 25.3 Å². The van der Waals surface area contributed by atoms with Crippen molar-refractivity contribution in [1.29, 1.82) is 0 Å². The summed E-state index contributed by atoms with van der Waals surface area (Å²) in [5.74, 6) is 1.06. The van der Waals surface area contributed by atoms with Gasteiger partial charge in [-0.1, -0.05) is 65.8 Å². The van der Waals surface area contributed by atoms with E-state index < -0.39 is 17.5 Å². The third-order valence-electron chi connectivity index (χ3n) is 5.93. The van der Waals surface area contributed by atoms with Crippen molar-refractivity contribution >= 4 is 11.9 Å². The van der Waals surface area contributed by atoms with E-state index in [1.807, 2.05) is 60.7 Å². The molecule has 9 nitrogen and oxygen atoms in total. The van der Waals surface area contributed by atoms with Crippen molar-refractivity contribution in [3.63, 3.8) is 0 Å². The Hall–Kier alpha value is -4.66. The summed E-state index contributed by atoms with van der Waals surface area (Å²) >= 11 is 0. The first-order valence-corrected chi connectivity index (χ1v) is 10.9. The number of hydrogen-bond donors (Lipinski definition) is 1. The van der Waals surface area contributed by atoms with E-state index in [4.69, 9.17) is 14.0 Å². The maximum atomic E-state index is 13.8. The summed E-state index contributed by atoms with van der Waals surface area (Å²) in [7, 11) is 3.09. The lowest BCUT2D eigenvalue weighted by molar-refractivity contribution is -0.130. The van der Waals surface area contributed by atoms with Gasteiger partial charge in [0.25, 0.3) is 5.91 Å². The molecule has 5 rings (SSSR count). The van der Waals surface area contributed by atoms with Crippen molar-refractivity contribution in [2.45, 2.75) is 12.1 Å². The number of imide groups is 1. The highest BCUT2D eigenvalue weighted by Gasteiger charge is 2.54. The van der Waals surface area contributed by atoms with Crippen LogP contribution in [0.25, 0.3) is 11.4 Å². The first kappa shape index (κ1) is 22.1. The monoisotopic (exact) mass is 470 g/mol. The minimum Gasteiger partial charge on any atom is -0.497 e. The van der Waals surface area contributed by atoms with Crippen molar-refractivity contribution in [2.24, 2.45) is 0 Å². The lowest BCUT2D eigenvalue weighted by atomic mass is 9.82. The van der Waals surface area contributed by atoms with Crippen LogP contribution in [0.5, 0.6) is 11.5 Å². The Morgan fingerprint density at radius 3 is 2.17 bits per heavy atom. The molecule has 1 aliphatic rings. The Bertz CT molecular complexity index is 1330. The molecule has 9 heteroatoms. The third-order valence-corrected chi connectivity index (χ3v) is 5.93. The molecule has 0 atom stereocenters. The van der Waals surface area contributed by atoms with E-state index in [1.165, 1.54) is 7.11 Å². The summed E-state index contributed by atoms with van der Waals surface area (Å²) < 4.78 is 16.0. The van der Waals surface area contributed by atoms with E-state index >= 15 is 0 Å². The maximum Gasteiger partial charge on any atom is 0.326 e. The van der Waals surface area contributed by atoms with Crippen molar-refractivity contribution in [2.75, 3.05) is 14.2 Å². The second-order valence-electron chi connectivity index (χ2n) is 7.88. The Kier molecular flexibility index (Phi) is 5.66. The Morgan fingerprint density at radius 1 is 0.914 bits per heavy atom. The van der Waals surface area contributed by atoms with Crippen LogP contribution in [0, 0.1) is 0 Å². The minimum absolute atomic E-state index is 0.110. The Balaban J connectivity index is 1.47. The molecule has 2 heterocycles. The summed E-state index contributed by atoms with van der Waals surface area (Å²) in [6.07, 6.45) is 0. The summed E-state index contributed by atoms with van der Waals surface area (Å²) in [6, 6.07) is 22.9. The maximum absolute atomic E-state index is 13.8. The van der Waals surface area contributed by atoms with Gasteiger partial charge in [-0.25, -0.2) is 4.79 Å². The first-order chi connectivity index (χ1) is 17.1. The van der Waals surface area contributed by atoms with Crippen LogP contribution in [0.2, 0.25) is 0 Å². The largest absolute Gasteiger partial charge is 0.497 e. The van der Waals surface area contributed by atoms with E-state index in [9.17, 15) is 9.59 Å². The number of nitrogens with zero attached hydrogens (tertiary/aromatic N) is 3. The molecule has 0 bridgehead atoms. The fraction of sp³-hybridized carbons (Fsp3) is 0.154. The number of amides is 3. The van der Waals surface area contributed by atoms with E-state index in [0.717, 1.165) is 4.90 Å². The van der Waals surface area contributed by atoms with Crippen molar-refractivity contribution in [3.05, 3.63) is 95.9 Å². The van der Waals surface area contributed by atoms with E-state index in [2.05, 4.69) is 15.5 Å². The second kappa shape index (κ2) is 8.94. The number of urea groups is 1. The van der Waals surface area contributed by atoms with Crippen molar-refractivity contribution < 1.29 is 23.6 Å². The standard InChI is InChI=1S/C26H22N4O5/c1-33-19-13-14-20(21(15-19)34-2)23-27-22(35-29-23)16-30-24(31)26(28-25(30)32,17-9-5-3-6-10-17)18-11-7-4-8-12-18/h3-15H,16H2,1-2H3,(H,28,32). The van der Waals surface area contributed by atoms with Gasteiger partial charge in [0.15, 0.2) is 5.54 Å². The molecule has 4 aromatic rings. The molecule has 35 heavy (non-hydrogen) atoms. The lowest BCUT2D eigenvalue weighted by Crippen LogP contribution is -2.45. The highest BCUT2D eigenvalue weighted by atomic mass is 16.5. The number of aromatic nitrogens is 2. The molecule has 0 saturated carbocycles. The first-order valence-electron chi connectivity index (χ1n) is 10.9. The number of carbonyl (C=O) groups is 2. The fourth-order valence-corrected chi connectivity index (χ4v) is 4.20. The van der Waals surface area contributed by atoms with Crippen LogP contribution in [0.3, 0.4) is 0 Å². The number of benzene rings is 3. The zero-order valence-electron chi connectivity index (χ0n) is 19.1. The molecule has 0 radical (unpaired) electrons. The average molecular weight is 470 g/mol. The van der Waals surface area contributed by atoms with Crippen LogP contribution in [0.15, 0.2) is 83.4 Å². The van der Waals surface area contributed by atoms with Gasteiger partial charge in [-0.05, 0) is 23.3 Å². The predicted molar refractivity (Wildman–Crippen MR) is 126 cm³/mol. The quantitative estimate of drug-likeness (QED) is 0.410. The van der Waals surface area contributed by atoms with Crippen LogP contribution < -0.4 is 14.8 Å². The number of ether oxygens (including phenoxy) is 2. The third kappa shape index (κ3) is 3.76. The van der Waals surface area contributed by atoms with Gasteiger partial charge in [-0.2, -0.15) is 4.98 Å². The van der Waals surface area contributed by atoms with Gasteiger partial charge in [0.2, 0.25) is 11.7 Å². The number of rotatable bonds is 7. The molecule has 176 valence electrons. The minimum atomic E-state index is -1.36. The Labute approximate surface area is 201 Å². The highest BCUT2D eigenvalue weighted by molar-refractivity contribution is 6.09. The van der Waals surface area contributed by atoms with Gasteiger partial charge in [0, 0.05) is 6.07 Å². The molecule has 0 spiro atoms. The second-order valence-corrected chi connectivity index (χ2v) is 7.88. The van der Waals surface area contributed by atoms with Crippen LogP contribution in [0.4, 0.5) is 4.79 Å². The summed E-state index contributed by atoms with van der Waals surface area (Å²) in [4.78, 5) is 32.4. The smallest absolute Gasteiger partial charge is 0.326 e. The topological polar surface area (TPSA) is 107 Å². The molecule has 3 aromatic carbocycles. The van der Waals surface area contributed by atoms with Gasteiger partial charge >= 0.3 is 6.03 Å². The van der Waals surface area contributed by atoms with Crippen molar-refractivity contribution in [1.82, 2.24) is 20.4 Å². The fourth-order valence-electron chi connectivity index (χ4n) is 4.20. The van der Waals surface area contributed by atoms with Crippen LogP contribution >= 0.6 is 0 Å². The zero-order valence-corrected chi connectivity index (χ0v) is 19.1. The average Bonchev–Trinajstić information content (AvgIpc) is 3.48. The molecule has 1 saturated heterocycles. The van der Waals surface area contributed by atoms with E-state index in [0.29, 0.717) is 28.2 Å². The number of hydrogen-bond acceptors (Lipinski definition) is 7. The normalized spacial score (nSPS) is 14.6. The highest BCUT2D eigenvalue weighted by Crippen LogP contribution is 2.37. The molecule has 0 aliphatic carbocycles. The Morgan fingerprint density at radius 2 is 1.57 bits per heavy atom. The molecule has 1 aliphatic heterocycles. The van der Waals surface area contributed by atoms with Crippen LogP contribution in [-0.2, 0) is 16.9 Å². The van der Waals surface area contributed by atoms with Crippen LogP contribution in [-0.4, -0.2) is 41.2 Å². The van der Waals surface area contributed by atoms with Gasteiger partial charge < -0.3 is 19.3 Å². The number of nitrogens with one attached hydrogen (secondary N) is 1. The lowest BCUT2D eigenvalue weighted by Gasteiger charge is -2.27.